The fourth-order valence-electron chi connectivity index (χ4n) is 4.61. The number of fused-ring (bicyclic) bond motifs is 1. The fraction of sp³-hybridized carbons (Fsp3) is 0.310. The highest BCUT2D eigenvalue weighted by Gasteiger charge is 2.32. The van der Waals surface area contributed by atoms with Crippen molar-refractivity contribution in [3.05, 3.63) is 101 Å². The minimum absolute atomic E-state index is 0.00982. The molecule has 0 unspecified atom stereocenters. The number of carbonyl (C=O) groups excluding carboxylic acids is 2. The van der Waals surface area contributed by atoms with Gasteiger partial charge in [-0.2, -0.15) is 0 Å². The van der Waals surface area contributed by atoms with E-state index in [-0.39, 0.29) is 30.0 Å². The molecule has 188 valence electrons. The molecule has 0 spiro atoms. The Balaban J connectivity index is 1.57. The van der Waals surface area contributed by atoms with E-state index in [0.717, 1.165) is 11.1 Å². The number of rotatable bonds is 8. The molecule has 0 saturated carbocycles. The van der Waals surface area contributed by atoms with E-state index >= 15 is 0 Å². The van der Waals surface area contributed by atoms with Crippen LogP contribution in [-0.2, 0) is 22.6 Å². The van der Waals surface area contributed by atoms with Crippen LogP contribution in [0.1, 0.15) is 55.0 Å². The predicted octanol–water partition coefficient (Wildman–Crippen LogP) is 5.32. The zero-order chi connectivity index (χ0) is 25.7. The summed E-state index contributed by atoms with van der Waals surface area (Å²) < 4.78 is 33.6. The number of ether oxygens (including phenoxy) is 1. The smallest absolute Gasteiger partial charge is 0.261 e. The van der Waals surface area contributed by atoms with E-state index in [1.54, 1.807) is 23.1 Å². The number of hydrogen-bond donors (Lipinski definition) is 1. The van der Waals surface area contributed by atoms with Crippen LogP contribution < -0.4 is 10.1 Å². The first-order valence-electron chi connectivity index (χ1n) is 12.3. The Hall–Kier alpha value is -3.74. The summed E-state index contributed by atoms with van der Waals surface area (Å²) in [6.07, 6.45) is 0.709. The van der Waals surface area contributed by atoms with Gasteiger partial charge in [-0.1, -0.05) is 44.2 Å². The topological polar surface area (TPSA) is 58.6 Å². The summed E-state index contributed by atoms with van der Waals surface area (Å²) in [5, 5.41) is 2.81. The molecule has 2 atom stereocenters. The van der Waals surface area contributed by atoms with E-state index in [1.807, 2.05) is 38.1 Å². The maximum atomic E-state index is 14.1. The molecule has 0 aromatic heterocycles. The van der Waals surface area contributed by atoms with Crippen LogP contribution in [0.2, 0.25) is 0 Å². The number of nitrogens with one attached hydrogen (secondary N) is 1. The molecule has 5 nitrogen and oxygen atoms in total. The van der Waals surface area contributed by atoms with Gasteiger partial charge in [0.1, 0.15) is 17.4 Å². The molecule has 2 amide bonds. The monoisotopic (exact) mass is 492 g/mol. The van der Waals surface area contributed by atoms with Gasteiger partial charge < -0.3 is 15.0 Å². The average Bonchev–Trinajstić information content (AvgIpc) is 2.89. The molecule has 4 rings (SSSR count). The van der Waals surface area contributed by atoms with Gasteiger partial charge in [-0.25, -0.2) is 8.78 Å². The first-order chi connectivity index (χ1) is 17.4. The van der Waals surface area contributed by atoms with Gasteiger partial charge in [0.05, 0.1) is 6.04 Å². The van der Waals surface area contributed by atoms with E-state index in [1.165, 1.54) is 24.3 Å². The Kier molecular flexibility index (Phi) is 7.98. The highest BCUT2D eigenvalue weighted by Crippen LogP contribution is 2.38. The van der Waals surface area contributed by atoms with Crippen molar-refractivity contribution in [2.75, 3.05) is 6.54 Å². The molecular weight excluding hydrogens is 462 g/mol. The molecule has 36 heavy (non-hydrogen) atoms. The summed E-state index contributed by atoms with van der Waals surface area (Å²) >= 11 is 0. The van der Waals surface area contributed by atoms with E-state index in [2.05, 4.69) is 5.32 Å². The minimum atomic E-state index is -0.749. The van der Waals surface area contributed by atoms with E-state index in [9.17, 15) is 18.4 Å². The van der Waals surface area contributed by atoms with Gasteiger partial charge in [-0.15, -0.1) is 0 Å². The second-order valence-corrected chi connectivity index (χ2v) is 8.87. The Morgan fingerprint density at radius 2 is 1.78 bits per heavy atom. The summed E-state index contributed by atoms with van der Waals surface area (Å²) in [6, 6.07) is 17.5. The molecule has 1 N–H and O–H groups in total. The Labute approximate surface area is 210 Å². The maximum Gasteiger partial charge on any atom is 0.261 e. The first-order valence-corrected chi connectivity index (χ1v) is 12.3. The highest BCUT2D eigenvalue weighted by molar-refractivity contribution is 5.81. The first kappa shape index (κ1) is 25.4. The molecule has 1 aliphatic heterocycles. The standard InChI is InChI=1S/C29H30F2N2O3/c1-3-26(29(35)32-18-19-7-5-9-22(30)15-19)36-24-12-11-20-13-14-33(27(34)4-2)28(25(20)17-24)21-8-6-10-23(31)16-21/h5-12,15-17,26,28H,3-4,13-14,18H2,1-2H3,(H,32,35)/t26-,28-/m0/s1. The third kappa shape index (κ3) is 5.73. The van der Waals surface area contributed by atoms with Gasteiger partial charge >= 0.3 is 0 Å². The Bertz CT molecular complexity index is 1250. The van der Waals surface area contributed by atoms with Crippen molar-refractivity contribution in [3.63, 3.8) is 0 Å². The Morgan fingerprint density at radius 1 is 1.03 bits per heavy atom. The maximum absolute atomic E-state index is 14.1. The Morgan fingerprint density at radius 3 is 2.47 bits per heavy atom. The van der Waals surface area contributed by atoms with Gasteiger partial charge in [0, 0.05) is 19.5 Å². The predicted molar refractivity (Wildman–Crippen MR) is 133 cm³/mol. The third-order valence-corrected chi connectivity index (χ3v) is 6.43. The van der Waals surface area contributed by atoms with Crippen molar-refractivity contribution >= 4 is 11.8 Å². The van der Waals surface area contributed by atoms with E-state index in [0.29, 0.717) is 42.7 Å². The second kappa shape index (κ2) is 11.3. The lowest BCUT2D eigenvalue weighted by molar-refractivity contribution is -0.133. The number of nitrogens with zero attached hydrogens (tertiary/aromatic N) is 1. The summed E-state index contributed by atoms with van der Waals surface area (Å²) in [4.78, 5) is 27.4. The number of benzene rings is 3. The van der Waals surface area contributed by atoms with Crippen molar-refractivity contribution in [2.24, 2.45) is 0 Å². The summed E-state index contributed by atoms with van der Waals surface area (Å²) in [7, 11) is 0. The molecule has 3 aromatic carbocycles. The molecule has 1 aliphatic rings. The van der Waals surface area contributed by atoms with Crippen LogP contribution >= 0.6 is 0 Å². The van der Waals surface area contributed by atoms with Gasteiger partial charge in [-0.3, -0.25) is 9.59 Å². The van der Waals surface area contributed by atoms with Crippen molar-refractivity contribution < 1.29 is 23.1 Å². The lowest BCUT2D eigenvalue weighted by atomic mass is 9.87. The summed E-state index contributed by atoms with van der Waals surface area (Å²) in [6.45, 7) is 4.40. The highest BCUT2D eigenvalue weighted by atomic mass is 19.1. The van der Waals surface area contributed by atoms with Crippen molar-refractivity contribution in [3.8, 4) is 5.75 Å². The van der Waals surface area contributed by atoms with Gasteiger partial charge in [0.25, 0.3) is 5.91 Å². The molecule has 0 bridgehead atoms. The zero-order valence-corrected chi connectivity index (χ0v) is 20.5. The number of halogens is 2. The molecule has 0 fully saturated rings. The largest absolute Gasteiger partial charge is 0.481 e. The molecule has 0 saturated heterocycles. The quantitative estimate of drug-likeness (QED) is 0.463. The number of carbonyl (C=O) groups is 2. The normalized spacial score (nSPS) is 15.7. The zero-order valence-electron chi connectivity index (χ0n) is 20.5. The van der Waals surface area contributed by atoms with Crippen molar-refractivity contribution in [1.29, 1.82) is 0 Å². The summed E-state index contributed by atoms with van der Waals surface area (Å²) in [5.74, 6) is -0.540. The van der Waals surface area contributed by atoms with Crippen LogP contribution in [0.25, 0.3) is 0 Å². The SMILES string of the molecule is CCC(=O)N1CCc2ccc(O[C@@H](CC)C(=O)NCc3cccc(F)c3)cc2[C@@H]1c1cccc(F)c1. The van der Waals surface area contributed by atoms with Gasteiger partial charge in [0.15, 0.2) is 6.10 Å². The van der Waals surface area contributed by atoms with Crippen molar-refractivity contribution in [2.45, 2.75) is 51.8 Å². The van der Waals surface area contributed by atoms with Crippen LogP contribution in [0.5, 0.6) is 5.75 Å². The number of hydrogen-bond acceptors (Lipinski definition) is 3. The lowest BCUT2D eigenvalue weighted by Gasteiger charge is -2.38. The number of amides is 2. The fourth-order valence-corrected chi connectivity index (χ4v) is 4.61. The molecule has 0 aliphatic carbocycles. The lowest BCUT2D eigenvalue weighted by Crippen LogP contribution is -2.40. The molecule has 1 heterocycles. The van der Waals surface area contributed by atoms with Crippen LogP contribution in [0.15, 0.2) is 66.7 Å². The molecule has 0 radical (unpaired) electrons. The van der Waals surface area contributed by atoms with E-state index < -0.39 is 12.1 Å². The van der Waals surface area contributed by atoms with Crippen LogP contribution in [0.4, 0.5) is 8.78 Å². The van der Waals surface area contributed by atoms with Gasteiger partial charge in [0.2, 0.25) is 5.91 Å². The van der Waals surface area contributed by atoms with Gasteiger partial charge in [-0.05, 0) is 71.5 Å². The average molecular weight is 493 g/mol. The second-order valence-electron chi connectivity index (χ2n) is 8.87. The minimum Gasteiger partial charge on any atom is -0.481 e. The van der Waals surface area contributed by atoms with Crippen LogP contribution in [-0.4, -0.2) is 29.4 Å². The van der Waals surface area contributed by atoms with Crippen LogP contribution in [0, 0.1) is 11.6 Å². The summed E-state index contributed by atoms with van der Waals surface area (Å²) in [5.41, 5.74) is 3.27. The molecule has 7 heteroatoms. The molecule has 3 aromatic rings. The van der Waals surface area contributed by atoms with Crippen molar-refractivity contribution in [1.82, 2.24) is 10.2 Å². The van der Waals surface area contributed by atoms with Crippen LogP contribution in [0.3, 0.4) is 0 Å². The third-order valence-electron chi connectivity index (χ3n) is 6.43. The van der Waals surface area contributed by atoms with E-state index in [4.69, 9.17) is 4.74 Å². The molecular formula is C29H30F2N2O3.